The number of likely N-dealkylation sites (N-methyl/N-ethyl adjacent to an activating group) is 1. The minimum Gasteiger partial charge on any atom is -0.340 e. The maximum Gasteiger partial charge on any atom is 0.251 e. The van der Waals surface area contributed by atoms with Crippen LogP contribution in [-0.4, -0.2) is 29.8 Å². The van der Waals surface area contributed by atoms with E-state index >= 15 is 0 Å². The fourth-order valence-corrected chi connectivity index (χ4v) is 3.08. The van der Waals surface area contributed by atoms with E-state index in [1.165, 1.54) is 0 Å². The summed E-state index contributed by atoms with van der Waals surface area (Å²) in [6.07, 6.45) is 0.442. The number of nitrogens with one attached hydrogen (secondary N) is 1. The van der Waals surface area contributed by atoms with E-state index in [4.69, 9.17) is 0 Å². The van der Waals surface area contributed by atoms with E-state index < -0.39 is 6.04 Å². The Morgan fingerprint density at radius 2 is 1.29 bits per heavy atom. The monoisotopic (exact) mass is 372 g/mol. The summed E-state index contributed by atoms with van der Waals surface area (Å²) in [6, 6.07) is 27.9. The minimum absolute atomic E-state index is 0.114. The Hall–Kier alpha value is -3.40. The molecule has 4 heteroatoms. The van der Waals surface area contributed by atoms with Gasteiger partial charge in [-0.3, -0.25) is 9.59 Å². The van der Waals surface area contributed by atoms with Crippen molar-refractivity contribution in [1.82, 2.24) is 10.2 Å². The number of benzene rings is 3. The normalized spacial score (nSPS) is 11.5. The highest BCUT2D eigenvalue weighted by Crippen LogP contribution is 2.10. The van der Waals surface area contributed by atoms with E-state index in [0.29, 0.717) is 18.5 Å². The molecule has 2 amide bonds. The van der Waals surface area contributed by atoms with Gasteiger partial charge in [0.15, 0.2) is 0 Å². The van der Waals surface area contributed by atoms with Crippen LogP contribution in [0.2, 0.25) is 0 Å². The lowest BCUT2D eigenvalue weighted by Crippen LogP contribution is -2.48. The van der Waals surface area contributed by atoms with E-state index in [0.717, 1.165) is 11.1 Å². The van der Waals surface area contributed by atoms with Crippen LogP contribution >= 0.6 is 0 Å². The number of hydrogen-bond donors (Lipinski definition) is 1. The number of carbonyl (C=O) groups excluding carboxylic acids is 2. The third-order valence-electron chi connectivity index (χ3n) is 4.56. The zero-order valence-corrected chi connectivity index (χ0v) is 15.9. The summed E-state index contributed by atoms with van der Waals surface area (Å²) in [5.41, 5.74) is 2.59. The van der Waals surface area contributed by atoms with Gasteiger partial charge in [0.1, 0.15) is 6.04 Å². The first kappa shape index (κ1) is 19.4. The molecule has 0 heterocycles. The Bertz CT molecular complexity index is 896. The van der Waals surface area contributed by atoms with Crippen molar-refractivity contribution in [3.63, 3.8) is 0 Å². The van der Waals surface area contributed by atoms with Crippen molar-refractivity contribution in [2.24, 2.45) is 0 Å². The lowest BCUT2D eigenvalue weighted by molar-refractivity contribution is -0.132. The molecule has 0 aliphatic heterocycles. The summed E-state index contributed by atoms with van der Waals surface area (Å²) in [6.45, 7) is 0.492. The third kappa shape index (κ3) is 5.30. The summed E-state index contributed by atoms with van der Waals surface area (Å²) in [5.74, 6) is -0.361. The first-order valence-electron chi connectivity index (χ1n) is 9.32. The maximum atomic E-state index is 13.1. The molecule has 142 valence electrons. The number of hydrogen-bond acceptors (Lipinski definition) is 2. The van der Waals surface area contributed by atoms with Crippen LogP contribution in [0.15, 0.2) is 91.0 Å². The molecule has 0 saturated carbocycles. The molecule has 28 heavy (non-hydrogen) atoms. The molecule has 0 radical (unpaired) electrons. The highest BCUT2D eigenvalue weighted by atomic mass is 16.2. The molecule has 0 bridgehead atoms. The van der Waals surface area contributed by atoms with Gasteiger partial charge in [-0.05, 0) is 23.3 Å². The zero-order valence-electron chi connectivity index (χ0n) is 15.9. The molecular formula is C24H24N2O2. The second-order valence-corrected chi connectivity index (χ2v) is 6.76. The highest BCUT2D eigenvalue weighted by Gasteiger charge is 2.25. The van der Waals surface area contributed by atoms with Crippen molar-refractivity contribution in [1.29, 1.82) is 0 Å². The smallest absolute Gasteiger partial charge is 0.251 e. The van der Waals surface area contributed by atoms with Crippen LogP contribution in [0, 0.1) is 0 Å². The predicted octanol–water partition coefficient (Wildman–Crippen LogP) is 3.69. The summed E-state index contributed by atoms with van der Waals surface area (Å²) in [5, 5.41) is 2.92. The van der Waals surface area contributed by atoms with Gasteiger partial charge in [-0.1, -0.05) is 78.9 Å². The average molecular weight is 372 g/mol. The largest absolute Gasteiger partial charge is 0.340 e. The van der Waals surface area contributed by atoms with Gasteiger partial charge in [-0.2, -0.15) is 0 Å². The quantitative estimate of drug-likeness (QED) is 0.688. The molecule has 3 aromatic rings. The van der Waals surface area contributed by atoms with Gasteiger partial charge >= 0.3 is 0 Å². The van der Waals surface area contributed by atoms with E-state index in [1.54, 1.807) is 24.1 Å². The number of rotatable bonds is 7. The van der Waals surface area contributed by atoms with Crippen LogP contribution in [0.3, 0.4) is 0 Å². The zero-order chi connectivity index (χ0) is 19.8. The first-order valence-corrected chi connectivity index (χ1v) is 9.32. The maximum absolute atomic E-state index is 13.1. The van der Waals surface area contributed by atoms with Crippen molar-refractivity contribution in [3.8, 4) is 0 Å². The van der Waals surface area contributed by atoms with Crippen LogP contribution in [0.25, 0.3) is 0 Å². The number of amides is 2. The number of carbonyl (C=O) groups is 2. The van der Waals surface area contributed by atoms with Crippen LogP contribution in [0.5, 0.6) is 0 Å². The second-order valence-electron chi connectivity index (χ2n) is 6.76. The standard InChI is InChI=1S/C24H24N2O2/c1-26(18-20-13-7-3-8-14-20)24(28)22(17-19-11-5-2-6-12-19)25-23(27)21-15-9-4-10-16-21/h2-16,22H,17-18H2,1H3,(H,25,27). The second kappa shape index (κ2) is 9.51. The van der Waals surface area contributed by atoms with E-state index in [-0.39, 0.29) is 11.8 Å². The van der Waals surface area contributed by atoms with Crippen molar-refractivity contribution >= 4 is 11.8 Å². The fourth-order valence-electron chi connectivity index (χ4n) is 3.08. The topological polar surface area (TPSA) is 49.4 Å². The Morgan fingerprint density at radius 1 is 0.786 bits per heavy atom. The molecule has 4 nitrogen and oxygen atoms in total. The van der Waals surface area contributed by atoms with Crippen LogP contribution in [0.4, 0.5) is 0 Å². The summed E-state index contributed by atoms with van der Waals surface area (Å²) in [4.78, 5) is 27.4. The van der Waals surface area contributed by atoms with E-state index in [9.17, 15) is 9.59 Å². The van der Waals surface area contributed by atoms with E-state index in [1.807, 2.05) is 78.9 Å². The lowest BCUT2D eigenvalue weighted by atomic mass is 10.0. The van der Waals surface area contributed by atoms with Crippen molar-refractivity contribution in [2.75, 3.05) is 7.05 Å². The van der Waals surface area contributed by atoms with Gasteiger partial charge in [-0.25, -0.2) is 0 Å². The summed E-state index contributed by atoms with van der Waals surface area (Å²) < 4.78 is 0. The van der Waals surface area contributed by atoms with E-state index in [2.05, 4.69) is 5.32 Å². The average Bonchev–Trinajstić information content (AvgIpc) is 2.74. The van der Waals surface area contributed by atoms with Gasteiger partial charge < -0.3 is 10.2 Å². The summed E-state index contributed by atoms with van der Waals surface area (Å²) in [7, 11) is 1.77. The van der Waals surface area contributed by atoms with Gasteiger partial charge in [-0.15, -0.1) is 0 Å². The van der Waals surface area contributed by atoms with Gasteiger partial charge in [0.05, 0.1) is 0 Å². The van der Waals surface area contributed by atoms with Crippen molar-refractivity contribution in [3.05, 3.63) is 108 Å². The Kier molecular flexibility index (Phi) is 6.58. The Labute approximate surface area is 165 Å². The predicted molar refractivity (Wildman–Crippen MR) is 111 cm³/mol. The molecule has 3 aromatic carbocycles. The molecular weight excluding hydrogens is 348 g/mol. The molecule has 0 aromatic heterocycles. The molecule has 3 rings (SSSR count). The fraction of sp³-hybridized carbons (Fsp3) is 0.167. The summed E-state index contributed by atoms with van der Waals surface area (Å²) >= 11 is 0. The first-order chi connectivity index (χ1) is 13.6. The Morgan fingerprint density at radius 3 is 1.86 bits per heavy atom. The molecule has 1 atom stereocenters. The lowest BCUT2D eigenvalue weighted by Gasteiger charge is -2.25. The van der Waals surface area contributed by atoms with Crippen molar-refractivity contribution < 1.29 is 9.59 Å². The minimum atomic E-state index is -0.635. The van der Waals surface area contributed by atoms with Crippen LogP contribution < -0.4 is 5.32 Å². The molecule has 1 unspecified atom stereocenters. The Balaban J connectivity index is 1.76. The van der Waals surface area contributed by atoms with Crippen LogP contribution in [-0.2, 0) is 17.8 Å². The molecule has 0 fully saturated rings. The molecule has 0 saturated heterocycles. The van der Waals surface area contributed by atoms with Gasteiger partial charge in [0.25, 0.3) is 5.91 Å². The van der Waals surface area contributed by atoms with Crippen molar-refractivity contribution in [2.45, 2.75) is 19.0 Å². The molecule has 1 N–H and O–H groups in total. The molecule has 0 aliphatic rings. The number of nitrogens with zero attached hydrogens (tertiary/aromatic N) is 1. The highest BCUT2D eigenvalue weighted by molar-refractivity contribution is 5.97. The molecule has 0 spiro atoms. The van der Waals surface area contributed by atoms with Gasteiger partial charge in [0, 0.05) is 25.6 Å². The SMILES string of the molecule is CN(Cc1ccccc1)C(=O)C(Cc1ccccc1)NC(=O)c1ccccc1. The van der Waals surface area contributed by atoms with Crippen LogP contribution in [0.1, 0.15) is 21.5 Å². The van der Waals surface area contributed by atoms with Gasteiger partial charge in [0.2, 0.25) is 5.91 Å². The third-order valence-corrected chi connectivity index (χ3v) is 4.56. The molecule has 0 aliphatic carbocycles.